The largest absolute Gasteiger partial charge is 0.357 e. The van der Waals surface area contributed by atoms with E-state index in [1.165, 1.54) is 25.7 Å². The van der Waals surface area contributed by atoms with Crippen molar-refractivity contribution in [2.45, 2.75) is 25.7 Å². The molecule has 8 rings (SSSR count). The Morgan fingerprint density at radius 2 is 0.804 bits per heavy atom. The van der Waals surface area contributed by atoms with Gasteiger partial charge in [-0.1, -0.05) is 59.6 Å². The summed E-state index contributed by atoms with van der Waals surface area (Å²) in [5.41, 5.74) is 6.48. The number of anilines is 6. The first-order valence-corrected chi connectivity index (χ1v) is 19.4. The molecule has 4 aromatic carbocycles. The lowest BCUT2D eigenvalue weighted by atomic mass is 10.1. The number of carbonyl (C=O) groups is 2. The fourth-order valence-corrected chi connectivity index (χ4v) is 6.83. The zero-order chi connectivity index (χ0) is 38.7. The summed E-state index contributed by atoms with van der Waals surface area (Å²) in [6.45, 7) is 4.23. The van der Waals surface area contributed by atoms with Crippen LogP contribution in [0.5, 0.6) is 0 Å². The summed E-state index contributed by atoms with van der Waals surface area (Å²) in [7, 11) is 0. The van der Waals surface area contributed by atoms with E-state index in [1.54, 1.807) is 48.5 Å². The van der Waals surface area contributed by atoms with Gasteiger partial charge >= 0.3 is 12.1 Å². The Labute approximate surface area is 336 Å². The molecule has 0 saturated carbocycles. The van der Waals surface area contributed by atoms with Crippen LogP contribution < -0.4 is 31.1 Å². The SMILES string of the molecule is O=C(Nc1ccc(Cl)cc1)Nc1cccc(-c2cccc(N3CCCC3)n2)c1.O=C(Nc1ccc(Cl)cc1)Nc1cccc(-c2cccc(N3CCCC3)n2)c1. The molecule has 0 aliphatic carbocycles. The highest BCUT2D eigenvalue weighted by molar-refractivity contribution is 6.31. The van der Waals surface area contributed by atoms with Crippen LogP contribution in [0.15, 0.2) is 133 Å². The van der Waals surface area contributed by atoms with Crippen LogP contribution in [-0.4, -0.2) is 48.2 Å². The molecule has 0 unspecified atom stereocenters. The van der Waals surface area contributed by atoms with Crippen LogP contribution in [0.1, 0.15) is 25.7 Å². The van der Waals surface area contributed by atoms with Crippen molar-refractivity contribution < 1.29 is 9.59 Å². The van der Waals surface area contributed by atoms with Gasteiger partial charge in [-0.15, -0.1) is 0 Å². The number of nitrogens with zero attached hydrogens (tertiary/aromatic N) is 4. The van der Waals surface area contributed by atoms with E-state index in [4.69, 9.17) is 33.2 Å². The smallest absolute Gasteiger partial charge is 0.323 e. The van der Waals surface area contributed by atoms with Gasteiger partial charge in [0, 0.05) is 70.1 Å². The lowest BCUT2D eigenvalue weighted by Gasteiger charge is -2.17. The van der Waals surface area contributed by atoms with Gasteiger partial charge in [0.15, 0.2) is 0 Å². The molecule has 4 amide bonds. The van der Waals surface area contributed by atoms with E-state index in [-0.39, 0.29) is 12.1 Å². The summed E-state index contributed by atoms with van der Waals surface area (Å²) in [5, 5.41) is 12.6. The second-order valence-electron chi connectivity index (χ2n) is 13.5. The molecule has 10 nitrogen and oxygen atoms in total. The van der Waals surface area contributed by atoms with Crippen LogP contribution in [0, 0.1) is 0 Å². The van der Waals surface area contributed by atoms with Crippen molar-refractivity contribution in [2.24, 2.45) is 0 Å². The number of hydrogen-bond donors (Lipinski definition) is 4. The number of pyridine rings is 2. The topological polar surface area (TPSA) is 115 Å². The van der Waals surface area contributed by atoms with Crippen LogP contribution >= 0.6 is 23.2 Å². The van der Waals surface area contributed by atoms with Gasteiger partial charge in [-0.2, -0.15) is 0 Å². The van der Waals surface area contributed by atoms with Crippen molar-refractivity contribution in [3.05, 3.63) is 144 Å². The predicted molar refractivity (Wildman–Crippen MR) is 230 cm³/mol. The van der Waals surface area contributed by atoms with Crippen molar-refractivity contribution in [1.82, 2.24) is 9.97 Å². The third-order valence-corrected chi connectivity index (χ3v) is 9.87. The van der Waals surface area contributed by atoms with Gasteiger partial charge in [-0.05, 0) is 123 Å². The number of benzene rings is 4. The zero-order valence-electron chi connectivity index (χ0n) is 30.7. The highest BCUT2D eigenvalue weighted by Gasteiger charge is 2.16. The van der Waals surface area contributed by atoms with Crippen molar-refractivity contribution in [3.63, 3.8) is 0 Å². The molecule has 284 valence electrons. The minimum Gasteiger partial charge on any atom is -0.357 e. The predicted octanol–water partition coefficient (Wildman–Crippen LogP) is 11.3. The molecule has 2 aliphatic heterocycles. The first kappa shape index (κ1) is 38.2. The minimum absolute atomic E-state index is 0.307. The van der Waals surface area contributed by atoms with Crippen molar-refractivity contribution in [3.8, 4) is 22.5 Å². The lowest BCUT2D eigenvalue weighted by molar-refractivity contribution is 0.261. The minimum atomic E-state index is -0.307. The molecular weight excluding hydrogens is 743 g/mol. The first-order valence-electron chi connectivity index (χ1n) is 18.7. The van der Waals surface area contributed by atoms with Gasteiger partial charge in [-0.3, -0.25) is 0 Å². The van der Waals surface area contributed by atoms with E-state index in [1.807, 2.05) is 72.8 Å². The summed E-state index contributed by atoms with van der Waals surface area (Å²) in [6.07, 6.45) is 4.87. The normalized spacial score (nSPS) is 13.4. The maximum atomic E-state index is 12.3. The average molecular weight is 786 g/mol. The Kier molecular flexibility index (Phi) is 12.6. The van der Waals surface area contributed by atoms with Crippen LogP contribution in [0.3, 0.4) is 0 Å². The summed E-state index contributed by atoms with van der Waals surface area (Å²) >= 11 is 11.7. The molecule has 6 aromatic rings. The van der Waals surface area contributed by atoms with Gasteiger partial charge < -0.3 is 31.1 Å². The quantitative estimate of drug-likeness (QED) is 0.122. The standard InChI is InChI=1S/2C22H21ClN4O/c2*23-17-9-11-18(12-10-17)24-22(28)25-19-6-3-5-16(15-19)20-7-4-8-21(26-20)27-13-1-2-14-27/h2*3-12,15H,1-2,13-14H2,(H2,24,25,28). The second-order valence-corrected chi connectivity index (χ2v) is 14.4. The van der Waals surface area contributed by atoms with Gasteiger partial charge in [0.1, 0.15) is 11.6 Å². The van der Waals surface area contributed by atoms with Crippen molar-refractivity contribution >= 4 is 69.6 Å². The van der Waals surface area contributed by atoms with Gasteiger partial charge in [0.2, 0.25) is 0 Å². The second kappa shape index (κ2) is 18.5. The van der Waals surface area contributed by atoms with Crippen LogP contribution in [0.4, 0.5) is 44.0 Å². The number of rotatable bonds is 8. The van der Waals surface area contributed by atoms with Crippen molar-refractivity contribution in [1.29, 1.82) is 0 Å². The summed E-state index contributed by atoms with van der Waals surface area (Å²) in [5.74, 6) is 2.02. The summed E-state index contributed by atoms with van der Waals surface area (Å²) in [4.78, 5) is 38.8. The summed E-state index contributed by atoms with van der Waals surface area (Å²) in [6, 6.07) is 40.9. The maximum Gasteiger partial charge on any atom is 0.323 e. The third-order valence-electron chi connectivity index (χ3n) is 9.37. The number of urea groups is 2. The molecule has 12 heteroatoms. The fourth-order valence-electron chi connectivity index (χ4n) is 6.58. The molecule has 2 aromatic heterocycles. The highest BCUT2D eigenvalue weighted by atomic mass is 35.5. The van der Waals surface area contributed by atoms with Crippen molar-refractivity contribution in [2.75, 3.05) is 57.2 Å². The van der Waals surface area contributed by atoms with Crippen LogP contribution in [0.2, 0.25) is 10.0 Å². The number of carbonyl (C=O) groups excluding carboxylic acids is 2. The average Bonchev–Trinajstić information content (AvgIpc) is 3.97. The number of aromatic nitrogens is 2. The van der Waals surface area contributed by atoms with E-state index >= 15 is 0 Å². The van der Waals surface area contributed by atoms with Gasteiger partial charge in [0.05, 0.1) is 11.4 Å². The zero-order valence-corrected chi connectivity index (χ0v) is 32.2. The van der Waals surface area contributed by atoms with E-state index < -0.39 is 0 Å². The lowest BCUT2D eigenvalue weighted by Crippen LogP contribution is -2.19. The highest BCUT2D eigenvalue weighted by Crippen LogP contribution is 2.27. The Hall–Kier alpha value is -6.10. The molecule has 0 spiro atoms. The van der Waals surface area contributed by atoms with E-state index in [9.17, 15) is 9.59 Å². The molecular formula is C44H42Cl2N8O2. The number of nitrogens with one attached hydrogen (secondary N) is 4. The fraction of sp³-hybridized carbons (Fsp3) is 0.182. The number of hydrogen-bond acceptors (Lipinski definition) is 6. The molecule has 0 atom stereocenters. The molecule has 4 N–H and O–H groups in total. The Bertz CT molecular complexity index is 2100. The van der Waals surface area contributed by atoms with Gasteiger partial charge in [-0.25, -0.2) is 19.6 Å². The Morgan fingerprint density at radius 1 is 0.446 bits per heavy atom. The van der Waals surface area contributed by atoms with E-state index in [0.717, 1.165) is 60.3 Å². The molecule has 2 saturated heterocycles. The molecule has 2 fully saturated rings. The molecule has 0 radical (unpaired) electrons. The van der Waals surface area contributed by atoms with E-state index in [0.29, 0.717) is 32.8 Å². The van der Waals surface area contributed by atoms with Crippen LogP contribution in [-0.2, 0) is 0 Å². The molecule has 2 aliphatic rings. The molecule has 0 bridgehead atoms. The summed E-state index contributed by atoms with van der Waals surface area (Å²) < 4.78 is 0. The van der Waals surface area contributed by atoms with Gasteiger partial charge in [0.25, 0.3) is 0 Å². The monoisotopic (exact) mass is 784 g/mol. The van der Waals surface area contributed by atoms with Crippen LogP contribution in [0.25, 0.3) is 22.5 Å². The molecule has 4 heterocycles. The maximum absolute atomic E-state index is 12.3. The number of amides is 4. The third kappa shape index (κ3) is 10.6. The molecule has 56 heavy (non-hydrogen) atoms. The van der Waals surface area contributed by atoms with E-state index in [2.05, 4.69) is 43.2 Å². The Morgan fingerprint density at radius 3 is 1.20 bits per heavy atom. The first-order chi connectivity index (χ1) is 27.3. The number of halogens is 2. The Balaban J connectivity index is 0.000000172.